The average molecular weight is 355 g/mol. The molecule has 0 unspecified atom stereocenters. The minimum atomic E-state index is -0.471. The number of aromatic nitrogens is 2. The first kappa shape index (κ1) is 17.6. The van der Waals surface area contributed by atoms with E-state index in [1.165, 1.54) is 18.4 Å². The topological polar surface area (TPSA) is 77.2 Å². The van der Waals surface area contributed by atoms with E-state index in [0.717, 1.165) is 11.4 Å². The lowest BCUT2D eigenvalue weighted by Crippen LogP contribution is -2.26. The Labute approximate surface area is 150 Å². The molecule has 26 heavy (non-hydrogen) atoms. The summed E-state index contributed by atoms with van der Waals surface area (Å²) in [5.41, 5.74) is 1.99. The molecule has 0 saturated heterocycles. The van der Waals surface area contributed by atoms with E-state index in [1.54, 1.807) is 12.1 Å². The Bertz CT molecular complexity index is 895. The maximum absolute atomic E-state index is 13.5. The van der Waals surface area contributed by atoms with Crippen LogP contribution < -0.4 is 10.1 Å². The third-order valence-electron chi connectivity index (χ3n) is 3.58. The SMILES string of the molecule is Cc1cccc(CCNC(=O)c2coc(COc3ccccc3F)n2)n1. The van der Waals surface area contributed by atoms with Gasteiger partial charge in [0.15, 0.2) is 23.9 Å². The second-order valence-corrected chi connectivity index (χ2v) is 5.62. The molecule has 0 aliphatic heterocycles. The molecule has 0 radical (unpaired) electrons. The van der Waals surface area contributed by atoms with Gasteiger partial charge in [-0.2, -0.15) is 0 Å². The van der Waals surface area contributed by atoms with Crippen LogP contribution in [0, 0.1) is 12.7 Å². The fraction of sp³-hybridized carbons (Fsp3) is 0.211. The van der Waals surface area contributed by atoms with Crippen molar-refractivity contribution in [1.82, 2.24) is 15.3 Å². The smallest absolute Gasteiger partial charge is 0.273 e. The van der Waals surface area contributed by atoms with Gasteiger partial charge in [0.25, 0.3) is 5.91 Å². The zero-order valence-electron chi connectivity index (χ0n) is 14.2. The van der Waals surface area contributed by atoms with Gasteiger partial charge in [-0.15, -0.1) is 0 Å². The number of hydrogen-bond acceptors (Lipinski definition) is 5. The number of rotatable bonds is 7. The average Bonchev–Trinajstić information content (AvgIpc) is 3.10. The molecule has 7 heteroatoms. The number of oxazole rings is 1. The fourth-order valence-corrected chi connectivity index (χ4v) is 2.32. The first-order chi connectivity index (χ1) is 12.6. The van der Waals surface area contributed by atoms with Gasteiger partial charge in [-0.05, 0) is 31.2 Å². The van der Waals surface area contributed by atoms with Crippen LogP contribution in [0.3, 0.4) is 0 Å². The molecule has 0 aliphatic carbocycles. The van der Waals surface area contributed by atoms with Gasteiger partial charge in [0, 0.05) is 24.4 Å². The monoisotopic (exact) mass is 355 g/mol. The Morgan fingerprint density at radius 3 is 2.85 bits per heavy atom. The Hall–Kier alpha value is -3.22. The summed E-state index contributed by atoms with van der Waals surface area (Å²) in [5.74, 6) is -0.526. The molecule has 0 aliphatic rings. The highest BCUT2D eigenvalue weighted by molar-refractivity contribution is 5.91. The molecule has 0 atom stereocenters. The maximum atomic E-state index is 13.5. The molecule has 1 aromatic carbocycles. The third-order valence-corrected chi connectivity index (χ3v) is 3.58. The largest absolute Gasteiger partial charge is 0.481 e. The summed E-state index contributed by atoms with van der Waals surface area (Å²) >= 11 is 0. The van der Waals surface area contributed by atoms with Crippen LogP contribution in [0.4, 0.5) is 4.39 Å². The maximum Gasteiger partial charge on any atom is 0.273 e. The van der Waals surface area contributed by atoms with E-state index >= 15 is 0 Å². The van der Waals surface area contributed by atoms with Crippen molar-refractivity contribution in [3.8, 4) is 5.75 Å². The lowest BCUT2D eigenvalue weighted by Gasteiger charge is -2.04. The van der Waals surface area contributed by atoms with Crippen LogP contribution in [0.5, 0.6) is 5.75 Å². The van der Waals surface area contributed by atoms with Gasteiger partial charge in [0.1, 0.15) is 6.26 Å². The number of amides is 1. The quantitative estimate of drug-likeness (QED) is 0.705. The molecule has 6 nitrogen and oxygen atoms in total. The summed E-state index contributed by atoms with van der Waals surface area (Å²) in [4.78, 5) is 20.5. The van der Waals surface area contributed by atoms with Gasteiger partial charge < -0.3 is 14.5 Å². The van der Waals surface area contributed by atoms with E-state index in [1.807, 2.05) is 25.1 Å². The number of hydrogen-bond donors (Lipinski definition) is 1. The number of nitrogens with zero attached hydrogens (tertiary/aromatic N) is 2. The molecular formula is C19H18FN3O3. The Balaban J connectivity index is 1.49. The van der Waals surface area contributed by atoms with Gasteiger partial charge in [-0.1, -0.05) is 18.2 Å². The molecule has 3 rings (SSSR count). The number of carbonyl (C=O) groups is 1. The lowest BCUT2D eigenvalue weighted by molar-refractivity contribution is 0.0949. The Morgan fingerprint density at radius 1 is 1.19 bits per heavy atom. The summed E-state index contributed by atoms with van der Waals surface area (Å²) in [6, 6.07) is 11.8. The van der Waals surface area contributed by atoms with Crippen molar-refractivity contribution >= 4 is 5.91 Å². The van der Waals surface area contributed by atoms with Crippen molar-refractivity contribution < 1.29 is 18.3 Å². The van der Waals surface area contributed by atoms with E-state index in [9.17, 15) is 9.18 Å². The van der Waals surface area contributed by atoms with Crippen LogP contribution in [-0.2, 0) is 13.0 Å². The number of nitrogens with one attached hydrogen (secondary N) is 1. The molecule has 3 aromatic rings. The second kappa shape index (κ2) is 8.24. The zero-order valence-corrected chi connectivity index (χ0v) is 14.2. The summed E-state index contributed by atoms with van der Waals surface area (Å²) < 4.78 is 24.0. The van der Waals surface area contributed by atoms with Gasteiger partial charge >= 0.3 is 0 Å². The van der Waals surface area contributed by atoms with E-state index in [0.29, 0.717) is 13.0 Å². The number of ether oxygens (including phenoxy) is 1. The van der Waals surface area contributed by atoms with Crippen molar-refractivity contribution in [2.75, 3.05) is 6.54 Å². The molecule has 0 bridgehead atoms. The van der Waals surface area contributed by atoms with Crippen molar-refractivity contribution in [2.24, 2.45) is 0 Å². The molecule has 0 saturated carbocycles. The van der Waals surface area contributed by atoms with Crippen LogP contribution in [0.15, 0.2) is 53.1 Å². The fourth-order valence-electron chi connectivity index (χ4n) is 2.32. The summed E-state index contributed by atoms with van der Waals surface area (Å²) in [6.07, 6.45) is 1.87. The van der Waals surface area contributed by atoms with Crippen molar-refractivity contribution in [2.45, 2.75) is 20.0 Å². The second-order valence-electron chi connectivity index (χ2n) is 5.62. The summed E-state index contributed by atoms with van der Waals surface area (Å²) in [7, 11) is 0. The van der Waals surface area contributed by atoms with Crippen LogP contribution in [0.2, 0.25) is 0 Å². The van der Waals surface area contributed by atoms with E-state index in [-0.39, 0.29) is 29.8 Å². The number of para-hydroxylation sites is 1. The van der Waals surface area contributed by atoms with Crippen LogP contribution in [0.25, 0.3) is 0 Å². The minimum absolute atomic E-state index is 0.0680. The predicted octanol–water partition coefficient (Wildman–Crippen LogP) is 3.07. The highest BCUT2D eigenvalue weighted by atomic mass is 19.1. The standard InChI is InChI=1S/C19H18FN3O3/c1-13-5-4-6-14(22-13)9-10-21-19(24)16-11-26-18(23-16)12-25-17-8-3-2-7-15(17)20/h2-8,11H,9-10,12H2,1H3,(H,21,24). The van der Waals surface area contributed by atoms with Crippen molar-refractivity contribution in [1.29, 1.82) is 0 Å². The number of benzene rings is 1. The highest BCUT2D eigenvalue weighted by Gasteiger charge is 2.13. The van der Waals surface area contributed by atoms with Crippen molar-refractivity contribution in [3.05, 3.63) is 77.5 Å². The molecule has 134 valence electrons. The van der Waals surface area contributed by atoms with Gasteiger partial charge in [-0.25, -0.2) is 9.37 Å². The highest BCUT2D eigenvalue weighted by Crippen LogP contribution is 2.17. The normalized spacial score (nSPS) is 10.5. The molecule has 1 amide bonds. The number of pyridine rings is 1. The lowest BCUT2D eigenvalue weighted by atomic mass is 10.2. The van der Waals surface area contributed by atoms with E-state index < -0.39 is 5.82 Å². The molecule has 2 heterocycles. The Morgan fingerprint density at radius 2 is 2.04 bits per heavy atom. The number of carbonyl (C=O) groups excluding carboxylic acids is 1. The van der Waals surface area contributed by atoms with Crippen LogP contribution >= 0.6 is 0 Å². The van der Waals surface area contributed by atoms with Crippen LogP contribution in [-0.4, -0.2) is 22.4 Å². The predicted molar refractivity (Wildman–Crippen MR) is 92.2 cm³/mol. The van der Waals surface area contributed by atoms with E-state index in [4.69, 9.17) is 9.15 Å². The summed E-state index contributed by atoms with van der Waals surface area (Å²) in [6.45, 7) is 2.28. The molecule has 0 fully saturated rings. The van der Waals surface area contributed by atoms with E-state index in [2.05, 4.69) is 15.3 Å². The number of aryl methyl sites for hydroxylation is 1. The first-order valence-corrected chi connectivity index (χ1v) is 8.14. The van der Waals surface area contributed by atoms with Gasteiger partial charge in [0.2, 0.25) is 5.89 Å². The molecule has 2 aromatic heterocycles. The molecule has 0 spiro atoms. The third kappa shape index (κ3) is 4.66. The van der Waals surface area contributed by atoms with Gasteiger partial charge in [-0.3, -0.25) is 9.78 Å². The first-order valence-electron chi connectivity index (χ1n) is 8.14. The number of halogens is 1. The minimum Gasteiger partial charge on any atom is -0.481 e. The van der Waals surface area contributed by atoms with Crippen LogP contribution in [0.1, 0.15) is 27.8 Å². The molecular weight excluding hydrogens is 337 g/mol. The van der Waals surface area contributed by atoms with Gasteiger partial charge in [0.05, 0.1) is 0 Å². The zero-order chi connectivity index (χ0) is 18.4. The van der Waals surface area contributed by atoms with Crippen molar-refractivity contribution in [3.63, 3.8) is 0 Å². The Kier molecular flexibility index (Phi) is 5.58. The summed E-state index contributed by atoms with van der Waals surface area (Å²) in [5, 5.41) is 2.76. The molecule has 1 N–H and O–H groups in total.